The Hall–Kier alpha value is -0.120. The van der Waals surface area contributed by atoms with Crippen LogP contribution in [0.2, 0.25) is 0 Å². The number of hydrogen-bond donors (Lipinski definition) is 1. The van der Waals surface area contributed by atoms with Crippen LogP contribution < -0.4 is 0 Å². The van der Waals surface area contributed by atoms with Gasteiger partial charge >= 0.3 is 0 Å². The van der Waals surface area contributed by atoms with E-state index in [1.807, 2.05) is 19.0 Å². The molecule has 1 N–H and O–H groups in total. The molecule has 2 rings (SSSR count). The molecule has 0 saturated heterocycles. The van der Waals surface area contributed by atoms with E-state index in [9.17, 15) is 5.11 Å². The summed E-state index contributed by atoms with van der Waals surface area (Å²) >= 11 is 0. The highest BCUT2D eigenvalue weighted by Crippen LogP contribution is 2.66. The van der Waals surface area contributed by atoms with Gasteiger partial charge in [0.05, 0.1) is 18.8 Å². The maximum absolute atomic E-state index is 9.90. The van der Waals surface area contributed by atoms with Crippen LogP contribution in [0.1, 0.15) is 40.0 Å². The van der Waals surface area contributed by atoms with Crippen molar-refractivity contribution in [2.24, 2.45) is 16.7 Å². The van der Waals surface area contributed by atoms with E-state index in [1.54, 1.807) is 0 Å². The Bertz CT molecular complexity index is 303. The lowest BCUT2D eigenvalue weighted by atomic mass is 9.70. The Kier molecular flexibility index (Phi) is 3.79. The first kappa shape index (κ1) is 14.3. The Morgan fingerprint density at radius 3 is 2.44 bits per heavy atom. The van der Waals surface area contributed by atoms with Crippen LogP contribution in [0, 0.1) is 16.7 Å². The fourth-order valence-corrected chi connectivity index (χ4v) is 4.08. The minimum atomic E-state index is -0.370. The number of rotatable bonds is 5. The first-order valence-corrected chi connectivity index (χ1v) is 7.22. The average molecular weight is 255 g/mol. The first-order chi connectivity index (χ1) is 8.27. The van der Waals surface area contributed by atoms with Gasteiger partial charge in [0.15, 0.2) is 0 Å². The molecule has 3 heteroatoms. The third-order valence-corrected chi connectivity index (χ3v) is 5.78. The number of aliphatic hydroxyl groups is 1. The second-order valence-electron chi connectivity index (χ2n) is 7.35. The summed E-state index contributed by atoms with van der Waals surface area (Å²) in [4.78, 5) is 2.00. The lowest BCUT2D eigenvalue weighted by Gasteiger charge is -2.39. The van der Waals surface area contributed by atoms with E-state index in [4.69, 9.17) is 4.74 Å². The van der Waals surface area contributed by atoms with E-state index >= 15 is 0 Å². The SMILES string of the molecule is CN(C)CC(O)COC1CC2CCC1(C)C2(C)C. The van der Waals surface area contributed by atoms with Crippen LogP contribution in [0.5, 0.6) is 0 Å². The van der Waals surface area contributed by atoms with Crippen LogP contribution >= 0.6 is 0 Å². The highest BCUT2D eigenvalue weighted by Gasteiger charge is 2.61. The first-order valence-electron chi connectivity index (χ1n) is 7.22. The van der Waals surface area contributed by atoms with Crippen molar-refractivity contribution in [3.05, 3.63) is 0 Å². The van der Waals surface area contributed by atoms with E-state index in [1.165, 1.54) is 19.3 Å². The smallest absolute Gasteiger partial charge is 0.0900 e. The van der Waals surface area contributed by atoms with Gasteiger partial charge in [-0.1, -0.05) is 20.8 Å². The zero-order valence-electron chi connectivity index (χ0n) is 12.6. The molecule has 18 heavy (non-hydrogen) atoms. The molecule has 2 aliphatic carbocycles. The van der Waals surface area contributed by atoms with E-state index in [-0.39, 0.29) is 6.10 Å². The van der Waals surface area contributed by atoms with Gasteiger partial charge in [0, 0.05) is 6.54 Å². The topological polar surface area (TPSA) is 32.7 Å². The summed E-state index contributed by atoms with van der Waals surface area (Å²) in [5, 5.41) is 9.90. The minimum Gasteiger partial charge on any atom is -0.389 e. The molecule has 0 spiro atoms. The molecule has 0 aromatic rings. The zero-order chi connectivity index (χ0) is 13.6. The van der Waals surface area contributed by atoms with Crippen molar-refractivity contribution >= 4 is 0 Å². The summed E-state index contributed by atoms with van der Waals surface area (Å²) < 4.78 is 6.06. The summed E-state index contributed by atoms with van der Waals surface area (Å²) in [5.74, 6) is 0.804. The zero-order valence-corrected chi connectivity index (χ0v) is 12.6. The van der Waals surface area contributed by atoms with E-state index in [0.717, 1.165) is 5.92 Å². The molecule has 4 atom stereocenters. The number of hydrogen-bond acceptors (Lipinski definition) is 3. The average Bonchev–Trinajstić information content (AvgIpc) is 2.57. The molecule has 2 fully saturated rings. The van der Waals surface area contributed by atoms with Gasteiger partial charge in [-0.3, -0.25) is 0 Å². The number of fused-ring (bicyclic) bond motifs is 2. The van der Waals surface area contributed by atoms with Crippen molar-refractivity contribution in [3.8, 4) is 0 Å². The lowest BCUT2D eigenvalue weighted by Crippen LogP contribution is -2.39. The van der Waals surface area contributed by atoms with E-state index in [2.05, 4.69) is 20.8 Å². The summed E-state index contributed by atoms with van der Waals surface area (Å²) in [6.07, 6.45) is 3.77. The highest BCUT2D eigenvalue weighted by atomic mass is 16.5. The number of likely N-dealkylation sites (N-methyl/N-ethyl adjacent to an activating group) is 1. The second kappa shape index (κ2) is 4.77. The molecule has 0 heterocycles. The van der Waals surface area contributed by atoms with Gasteiger partial charge in [-0.25, -0.2) is 0 Å². The van der Waals surface area contributed by atoms with Crippen molar-refractivity contribution in [3.63, 3.8) is 0 Å². The summed E-state index contributed by atoms with van der Waals surface area (Å²) in [7, 11) is 3.95. The van der Waals surface area contributed by atoms with Gasteiger partial charge in [0.25, 0.3) is 0 Å². The summed E-state index contributed by atoms with van der Waals surface area (Å²) in [6.45, 7) is 8.31. The molecule has 2 bridgehead atoms. The fraction of sp³-hybridized carbons (Fsp3) is 1.00. The van der Waals surface area contributed by atoms with Crippen molar-refractivity contribution in [1.29, 1.82) is 0 Å². The van der Waals surface area contributed by atoms with Gasteiger partial charge < -0.3 is 14.7 Å². The quantitative estimate of drug-likeness (QED) is 0.817. The van der Waals surface area contributed by atoms with E-state index < -0.39 is 0 Å². The van der Waals surface area contributed by atoms with Gasteiger partial charge in [-0.15, -0.1) is 0 Å². The van der Waals surface area contributed by atoms with Crippen LogP contribution in [-0.4, -0.2) is 49.5 Å². The van der Waals surface area contributed by atoms with Gasteiger partial charge in [0.2, 0.25) is 0 Å². The van der Waals surface area contributed by atoms with Crippen molar-refractivity contribution in [1.82, 2.24) is 4.90 Å². The third kappa shape index (κ3) is 2.21. The summed E-state index contributed by atoms with van der Waals surface area (Å²) in [6, 6.07) is 0. The lowest BCUT2D eigenvalue weighted by molar-refractivity contribution is -0.0776. The molecule has 106 valence electrons. The molecule has 0 aliphatic heterocycles. The molecule has 0 aromatic heterocycles. The standard InChI is InChI=1S/C15H29NO2/c1-14(2)11-6-7-15(14,3)13(8-11)18-10-12(17)9-16(4)5/h11-13,17H,6-10H2,1-5H3. The van der Waals surface area contributed by atoms with Crippen LogP contribution in [0.15, 0.2) is 0 Å². The maximum Gasteiger partial charge on any atom is 0.0900 e. The van der Waals surface area contributed by atoms with Crippen molar-refractivity contribution in [2.45, 2.75) is 52.2 Å². The highest BCUT2D eigenvalue weighted by molar-refractivity contribution is 5.11. The largest absolute Gasteiger partial charge is 0.389 e. The minimum absolute atomic E-state index is 0.301. The van der Waals surface area contributed by atoms with Gasteiger partial charge in [-0.05, 0) is 50.1 Å². The summed E-state index contributed by atoms with van der Waals surface area (Å²) in [5.41, 5.74) is 0.694. The molecular weight excluding hydrogens is 226 g/mol. The van der Waals surface area contributed by atoms with Crippen LogP contribution in [0.25, 0.3) is 0 Å². The van der Waals surface area contributed by atoms with Crippen LogP contribution in [-0.2, 0) is 4.74 Å². The van der Waals surface area contributed by atoms with Gasteiger partial charge in [-0.2, -0.15) is 0 Å². The monoisotopic (exact) mass is 255 g/mol. The number of aliphatic hydroxyl groups excluding tert-OH is 1. The molecule has 2 aliphatic rings. The maximum atomic E-state index is 9.90. The predicted molar refractivity (Wildman–Crippen MR) is 73.5 cm³/mol. The Balaban J connectivity index is 1.89. The fourth-order valence-electron chi connectivity index (χ4n) is 4.08. The normalized spacial score (nSPS) is 39.5. The molecule has 0 radical (unpaired) electrons. The molecule has 0 aromatic carbocycles. The van der Waals surface area contributed by atoms with Crippen molar-refractivity contribution in [2.75, 3.05) is 27.2 Å². The molecular formula is C15H29NO2. The van der Waals surface area contributed by atoms with Crippen LogP contribution in [0.3, 0.4) is 0 Å². The number of nitrogens with zero attached hydrogens (tertiary/aromatic N) is 1. The Labute approximate surface area is 112 Å². The third-order valence-electron chi connectivity index (χ3n) is 5.78. The van der Waals surface area contributed by atoms with Gasteiger partial charge in [0.1, 0.15) is 0 Å². The van der Waals surface area contributed by atoms with Crippen LogP contribution in [0.4, 0.5) is 0 Å². The number of ether oxygens (including phenoxy) is 1. The van der Waals surface area contributed by atoms with E-state index in [0.29, 0.717) is 30.1 Å². The molecule has 3 nitrogen and oxygen atoms in total. The predicted octanol–water partition coefficient (Wildman–Crippen LogP) is 2.14. The molecule has 2 saturated carbocycles. The second-order valence-corrected chi connectivity index (χ2v) is 7.35. The molecule has 4 unspecified atom stereocenters. The Morgan fingerprint density at radius 2 is 2.00 bits per heavy atom. The Morgan fingerprint density at radius 1 is 1.33 bits per heavy atom. The molecule has 0 amide bonds. The van der Waals surface area contributed by atoms with Crippen molar-refractivity contribution < 1.29 is 9.84 Å².